The van der Waals surface area contributed by atoms with E-state index in [0.717, 1.165) is 23.2 Å². The number of nitrogens with zero attached hydrogens (tertiary/aromatic N) is 1. The van der Waals surface area contributed by atoms with Crippen LogP contribution in [0.1, 0.15) is 63.0 Å². The van der Waals surface area contributed by atoms with Crippen LogP contribution in [0.2, 0.25) is 0 Å². The van der Waals surface area contributed by atoms with E-state index in [0.29, 0.717) is 11.3 Å². The predicted molar refractivity (Wildman–Crippen MR) is 93.4 cm³/mol. The van der Waals surface area contributed by atoms with Crippen LogP contribution in [0.4, 0.5) is 0 Å². The molecule has 0 spiro atoms. The monoisotopic (exact) mass is 314 g/mol. The molecule has 0 aliphatic rings. The van der Waals surface area contributed by atoms with Gasteiger partial charge in [-0.1, -0.05) is 47.6 Å². The van der Waals surface area contributed by atoms with Crippen molar-refractivity contribution in [3.63, 3.8) is 0 Å². The highest BCUT2D eigenvalue weighted by atomic mass is 16.5. The van der Waals surface area contributed by atoms with E-state index in [2.05, 4.69) is 63.9 Å². The number of hydrogen-bond acceptors (Lipinski definition) is 3. The molecular weight excluding hydrogens is 288 g/mol. The van der Waals surface area contributed by atoms with E-state index in [1.807, 2.05) is 0 Å². The number of nitrogens with one attached hydrogen (secondary N) is 1. The third-order valence-electron chi connectivity index (χ3n) is 4.03. The largest absolute Gasteiger partial charge is 0.496 e. The van der Waals surface area contributed by atoms with E-state index in [4.69, 9.17) is 4.74 Å². The van der Waals surface area contributed by atoms with Crippen LogP contribution >= 0.6 is 0 Å². The first kappa shape index (κ1) is 17.3. The first-order valence-electron chi connectivity index (χ1n) is 7.81. The molecular formula is C19H26N2O2. The van der Waals surface area contributed by atoms with Crippen LogP contribution in [0.3, 0.4) is 0 Å². The fraction of sp³-hybridized carbons (Fsp3) is 0.474. The van der Waals surface area contributed by atoms with Gasteiger partial charge in [0.15, 0.2) is 6.29 Å². The number of hydrogen-bond donors (Lipinski definition) is 1. The summed E-state index contributed by atoms with van der Waals surface area (Å²) in [5.74, 6) is 0.790. The SMILES string of the molecule is COc1c(-c2[nH]ncc2C=O)cc(C(C)(C)C)cc1C(C)(C)C. The zero-order valence-corrected chi connectivity index (χ0v) is 15.1. The summed E-state index contributed by atoms with van der Waals surface area (Å²) in [5, 5.41) is 6.96. The Hall–Kier alpha value is -2.10. The lowest BCUT2D eigenvalue weighted by Gasteiger charge is -2.28. The van der Waals surface area contributed by atoms with Crippen molar-refractivity contribution in [1.82, 2.24) is 10.2 Å². The van der Waals surface area contributed by atoms with Crippen molar-refractivity contribution in [2.24, 2.45) is 0 Å². The molecule has 0 unspecified atom stereocenters. The average Bonchev–Trinajstić information content (AvgIpc) is 2.92. The molecule has 2 aromatic rings. The smallest absolute Gasteiger partial charge is 0.153 e. The van der Waals surface area contributed by atoms with Gasteiger partial charge in [0, 0.05) is 11.1 Å². The Labute approximate surface area is 138 Å². The van der Waals surface area contributed by atoms with Gasteiger partial charge >= 0.3 is 0 Å². The maximum absolute atomic E-state index is 11.3. The Bertz CT molecular complexity index is 716. The number of aromatic amines is 1. The highest BCUT2D eigenvalue weighted by Gasteiger charge is 2.27. The molecule has 4 nitrogen and oxygen atoms in total. The molecule has 0 fully saturated rings. The van der Waals surface area contributed by atoms with Crippen LogP contribution in [0.25, 0.3) is 11.3 Å². The molecule has 1 aromatic carbocycles. The minimum absolute atomic E-state index is 0.0115. The third-order valence-corrected chi connectivity index (χ3v) is 4.03. The third kappa shape index (κ3) is 3.31. The lowest BCUT2D eigenvalue weighted by molar-refractivity contribution is 0.112. The van der Waals surface area contributed by atoms with E-state index >= 15 is 0 Å². The van der Waals surface area contributed by atoms with Crippen LogP contribution in [-0.2, 0) is 10.8 Å². The average molecular weight is 314 g/mol. The van der Waals surface area contributed by atoms with Gasteiger partial charge in [-0.2, -0.15) is 5.10 Å². The van der Waals surface area contributed by atoms with Gasteiger partial charge in [-0.05, 0) is 22.5 Å². The van der Waals surface area contributed by atoms with Gasteiger partial charge in [-0.3, -0.25) is 9.89 Å². The number of aldehydes is 1. The molecule has 0 aliphatic carbocycles. The van der Waals surface area contributed by atoms with Gasteiger partial charge in [0.1, 0.15) is 5.75 Å². The van der Waals surface area contributed by atoms with Gasteiger partial charge in [-0.25, -0.2) is 0 Å². The lowest BCUT2D eigenvalue weighted by Crippen LogP contribution is -2.18. The standard InChI is InChI=1S/C19H26N2O2/c1-18(2,3)13-8-14(16-12(11-22)10-20-21-16)17(23-7)15(9-13)19(4,5)6/h8-11H,1-7H3,(H,20,21). The Morgan fingerprint density at radius 2 is 1.74 bits per heavy atom. The van der Waals surface area contributed by atoms with Crippen LogP contribution < -0.4 is 4.74 Å². The van der Waals surface area contributed by atoms with E-state index < -0.39 is 0 Å². The second-order valence-electron chi connectivity index (χ2n) is 7.92. The molecule has 2 rings (SSSR count). The maximum atomic E-state index is 11.3. The number of carbonyl (C=O) groups is 1. The maximum Gasteiger partial charge on any atom is 0.153 e. The minimum atomic E-state index is -0.0806. The van der Waals surface area contributed by atoms with Crippen molar-refractivity contribution in [1.29, 1.82) is 0 Å². The van der Waals surface area contributed by atoms with Gasteiger partial charge in [-0.15, -0.1) is 0 Å². The summed E-state index contributed by atoms with van der Waals surface area (Å²) < 4.78 is 5.73. The number of benzene rings is 1. The Morgan fingerprint density at radius 3 is 2.22 bits per heavy atom. The molecule has 23 heavy (non-hydrogen) atoms. The van der Waals surface area contributed by atoms with E-state index in [9.17, 15) is 4.79 Å². The molecule has 1 heterocycles. The highest BCUT2D eigenvalue weighted by Crippen LogP contribution is 2.42. The van der Waals surface area contributed by atoms with Crippen molar-refractivity contribution in [3.05, 3.63) is 35.0 Å². The van der Waals surface area contributed by atoms with Crippen LogP contribution in [-0.4, -0.2) is 23.6 Å². The van der Waals surface area contributed by atoms with Crippen molar-refractivity contribution < 1.29 is 9.53 Å². The van der Waals surface area contributed by atoms with Crippen molar-refractivity contribution >= 4 is 6.29 Å². The number of ether oxygens (including phenoxy) is 1. The molecule has 0 saturated heterocycles. The number of rotatable bonds is 3. The van der Waals surface area contributed by atoms with E-state index in [1.54, 1.807) is 13.3 Å². The zero-order chi connectivity index (χ0) is 17.4. The Morgan fingerprint density at radius 1 is 1.09 bits per heavy atom. The summed E-state index contributed by atoms with van der Waals surface area (Å²) in [6.45, 7) is 13.0. The van der Waals surface area contributed by atoms with Gasteiger partial charge in [0.25, 0.3) is 0 Å². The zero-order valence-electron chi connectivity index (χ0n) is 15.1. The predicted octanol–water partition coefficient (Wildman–Crippen LogP) is 4.49. The summed E-state index contributed by atoms with van der Waals surface area (Å²) in [4.78, 5) is 11.3. The number of aromatic nitrogens is 2. The number of H-pyrrole nitrogens is 1. The summed E-state index contributed by atoms with van der Waals surface area (Å²) >= 11 is 0. The summed E-state index contributed by atoms with van der Waals surface area (Å²) in [6.07, 6.45) is 2.36. The molecule has 0 saturated carbocycles. The summed E-state index contributed by atoms with van der Waals surface area (Å²) in [5.41, 5.74) is 4.34. The van der Waals surface area contributed by atoms with Crippen molar-refractivity contribution in [2.75, 3.05) is 7.11 Å². The molecule has 4 heteroatoms. The second-order valence-corrected chi connectivity index (χ2v) is 7.92. The van der Waals surface area contributed by atoms with Crippen molar-refractivity contribution in [3.8, 4) is 17.0 Å². The van der Waals surface area contributed by atoms with Crippen LogP contribution in [0.15, 0.2) is 18.3 Å². The molecule has 0 atom stereocenters. The minimum Gasteiger partial charge on any atom is -0.496 e. The second kappa shape index (κ2) is 5.84. The Kier molecular flexibility index (Phi) is 4.38. The molecule has 124 valence electrons. The lowest BCUT2D eigenvalue weighted by atomic mass is 9.78. The van der Waals surface area contributed by atoms with E-state index in [1.165, 1.54) is 5.56 Å². The fourth-order valence-corrected chi connectivity index (χ4v) is 2.63. The number of carbonyl (C=O) groups excluding carboxylic acids is 1. The van der Waals surface area contributed by atoms with Gasteiger partial charge in [0.2, 0.25) is 0 Å². The number of methoxy groups -OCH3 is 1. The molecule has 0 bridgehead atoms. The fourth-order valence-electron chi connectivity index (χ4n) is 2.63. The van der Waals surface area contributed by atoms with Gasteiger partial charge in [0.05, 0.1) is 24.6 Å². The molecule has 0 aliphatic heterocycles. The molecule has 0 radical (unpaired) electrons. The van der Waals surface area contributed by atoms with Crippen molar-refractivity contribution in [2.45, 2.75) is 52.4 Å². The normalized spacial score (nSPS) is 12.3. The molecule has 0 amide bonds. The van der Waals surface area contributed by atoms with Crippen LogP contribution in [0, 0.1) is 0 Å². The topological polar surface area (TPSA) is 55.0 Å². The molecule has 1 N–H and O–H groups in total. The Balaban J connectivity index is 2.86. The van der Waals surface area contributed by atoms with Gasteiger partial charge < -0.3 is 4.74 Å². The van der Waals surface area contributed by atoms with E-state index in [-0.39, 0.29) is 10.8 Å². The first-order chi connectivity index (χ1) is 10.6. The highest BCUT2D eigenvalue weighted by molar-refractivity contribution is 5.87. The quantitative estimate of drug-likeness (QED) is 0.849. The molecule has 1 aromatic heterocycles. The van der Waals surface area contributed by atoms with Crippen LogP contribution in [0.5, 0.6) is 5.75 Å². The summed E-state index contributed by atoms with van der Waals surface area (Å²) in [7, 11) is 1.67. The first-order valence-corrected chi connectivity index (χ1v) is 7.81. The summed E-state index contributed by atoms with van der Waals surface area (Å²) in [6, 6.07) is 4.30.